The van der Waals surface area contributed by atoms with Crippen molar-refractivity contribution in [1.82, 2.24) is 9.78 Å². The SMILES string of the molecule is N#CC(=C(O)c1ccccc1C(F)(F)F)c1ccn(-c2ccccc2)n1. The summed E-state index contributed by atoms with van der Waals surface area (Å²) in [5.74, 6) is -0.765. The van der Waals surface area contributed by atoms with Crippen LogP contribution in [-0.2, 0) is 6.18 Å². The van der Waals surface area contributed by atoms with Crippen LogP contribution in [0.3, 0.4) is 0 Å². The topological polar surface area (TPSA) is 61.8 Å². The van der Waals surface area contributed by atoms with Crippen LogP contribution in [-0.4, -0.2) is 14.9 Å². The third-order valence-electron chi connectivity index (χ3n) is 3.70. The number of allylic oxidation sites excluding steroid dienone is 1. The quantitative estimate of drug-likeness (QED) is 0.540. The first-order valence-electron chi connectivity index (χ1n) is 7.53. The van der Waals surface area contributed by atoms with Crippen LogP contribution in [0.5, 0.6) is 0 Å². The lowest BCUT2D eigenvalue weighted by Gasteiger charge is -2.12. The number of halogens is 3. The predicted molar refractivity (Wildman–Crippen MR) is 90.1 cm³/mol. The Morgan fingerprint density at radius 1 is 1.00 bits per heavy atom. The van der Waals surface area contributed by atoms with E-state index in [0.29, 0.717) is 5.69 Å². The first kappa shape index (κ1) is 17.3. The summed E-state index contributed by atoms with van der Waals surface area (Å²) >= 11 is 0. The smallest absolute Gasteiger partial charge is 0.417 e. The van der Waals surface area contributed by atoms with E-state index in [1.54, 1.807) is 36.5 Å². The maximum Gasteiger partial charge on any atom is 0.417 e. The van der Waals surface area contributed by atoms with Gasteiger partial charge in [-0.1, -0.05) is 36.4 Å². The largest absolute Gasteiger partial charge is 0.506 e. The summed E-state index contributed by atoms with van der Waals surface area (Å²) in [4.78, 5) is 0. The van der Waals surface area contributed by atoms with Crippen LogP contribution in [0.15, 0.2) is 66.9 Å². The zero-order valence-electron chi connectivity index (χ0n) is 13.3. The average molecular weight is 355 g/mol. The van der Waals surface area contributed by atoms with Gasteiger partial charge in [0.25, 0.3) is 0 Å². The molecule has 0 aliphatic carbocycles. The van der Waals surface area contributed by atoms with E-state index in [0.717, 1.165) is 12.1 Å². The molecule has 26 heavy (non-hydrogen) atoms. The number of nitrogens with zero attached hydrogens (tertiary/aromatic N) is 3. The highest BCUT2D eigenvalue weighted by Crippen LogP contribution is 2.36. The number of nitriles is 1. The van der Waals surface area contributed by atoms with E-state index in [1.807, 2.05) is 6.07 Å². The zero-order chi connectivity index (χ0) is 18.7. The summed E-state index contributed by atoms with van der Waals surface area (Å²) in [5.41, 5.74) is -1.04. The lowest BCUT2D eigenvalue weighted by molar-refractivity contribution is -0.137. The third-order valence-corrected chi connectivity index (χ3v) is 3.70. The van der Waals surface area contributed by atoms with Crippen LogP contribution >= 0.6 is 0 Å². The van der Waals surface area contributed by atoms with Crippen molar-refractivity contribution in [2.45, 2.75) is 6.18 Å². The molecule has 0 amide bonds. The standard InChI is InChI=1S/C19H12F3N3O/c20-19(21,22)16-9-5-4-8-14(16)18(26)15(12-23)17-10-11-25(24-17)13-6-2-1-3-7-13/h1-11,26H. The molecular formula is C19H12F3N3O. The number of hydrogen-bond acceptors (Lipinski definition) is 3. The number of alkyl halides is 3. The molecule has 0 aliphatic rings. The number of rotatable bonds is 3. The van der Waals surface area contributed by atoms with Crippen LogP contribution in [0.2, 0.25) is 0 Å². The summed E-state index contributed by atoms with van der Waals surface area (Å²) in [6, 6.07) is 16.7. The molecule has 0 saturated carbocycles. The van der Waals surface area contributed by atoms with Gasteiger partial charge in [-0.25, -0.2) is 4.68 Å². The maximum absolute atomic E-state index is 13.2. The van der Waals surface area contributed by atoms with Crippen LogP contribution in [0.1, 0.15) is 16.8 Å². The molecule has 1 N–H and O–H groups in total. The lowest BCUT2D eigenvalue weighted by atomic mass is 10.0. The highest BCUT2D eigenvalue weighted by Gasteiger charge is 2.34. The van der Waals surface area contributed by atoms with Gasteiger partial charge in [0.15, 0.2) is 0 Å². The zero-order valence-corrected chi connectivity index (χ0v) is 13.3. The molecule has 0 bridgehead atoms. The van der Waals surface area contributed by atoms with Gasteiger partial charge in [-0.3, -0.25) is 0 Å². The highest BCUT2D eigenvalue weighted by molar-refractivity contribution is 5.93. The van der Waals surface area contributed by atoms with Crippen molar-refractivity contribution in [1.29, 1.82) is 5.26 Å². The minimum Gasteiger partial charge on any atom is -0.506 e. The van der Waals surface area contributed by atoms with Crippen molar-refractivity contribution in [2.24, 2.45) is 0 Å². The van der Waals surface area contributed by atoms with Crippen LogP contribution in [0.4, 0.5) is 13.2 Å². The molecule has 1 heterocycles. The van der Waals surface area contributed by atoms with Gasteiger partial charge in [0.1, 0.15) is 23.1 Å². The average Bonchev–Trinajstić information content (AvgIpc) is 3.12. The van der Waals surface area contributed by atoms with Crippen molar-refractivity contribution in [3.63, 3.8) is 0 Å². The fourth-order valence-electron chi connectivity index (χ4n) is 2.48. The van der Waals surface area contributed by atoms with Crippen molar-refractivity contribution < 1.29 is 18.3 Å². The Morgan fingerprint density at radius 3 is 2.31 bits per heavy atom. The number of aliphatic hydroxyl groups is 1. The summed E-state index contributed by atoms with van der Waals surface area (Å²) in [7, 11) is 0. The van der Waals surface area contributed by atoms with E-state index in [-0.39, 0.29) is 11.3 Å². The molecule has 130 valence electrons. The van der Waals surface area contributed by atoms with Crippen molar-refractivity contribution in [3.05, 3.63) is 83.7 Å². The Kier molecular flexibility index (Phi) is 4.50. The van der Waals surface area contributed by atoms with Gasteiger partial charge < -0.3 is 5.11 Å². The van der Waals surface area contributed by atoms with Crippen molar-refractivity contribution >= 4 is 11.3 Å². The minimum atomic E-state index is -4.66. The number of para-hydroxylation sites is 1. The Hall–Kier alpha value is -3.53. The van der Waals surface area contributed by atoms with E-state index >= 15 is 0 Å². The van der Waals surface area contributed by atoms with Crippen LogP contribution in [0, 0.1) is 11.3 Å². The number of benzene rings is 2. The highest BCUT2D eigenvalue weighted by atomic mass is 19.4. The molecule has 3 rings (SSSR count). The molecule has 0 unspecified atom stereocenters. The van der Waals surface area contributed by atoms with E-state index in [1.165, 1.54) is 22.9 Å². The maximum atomic E-state index is 13.2. The summed E-state index contributed by atoms with van der Waals surface area (Å²) < 4.78 is 41.0. The summed E-state index contributed by atoms with van der Waals surface area (Å²) in [6.07, 6.45) is -3.10. The lowest BCUT2D eigenvalue weighted by Crippen LogP contribution is -2.09. The minimum absolute atomic E-state index is 0.0748. The second kappa shape index (κ2) is 6.76. The van der Waals surface area contributed by atoms with Gasteiger partial charge in [0.05, 0.1) is 11.3 Å². The third kappa shape index (κ3) is 3.30. The van der Waals surface area contributed by atoms with Gasteiger partial charge in [-0.05, 0) is 24.3 Å². The summed E-state index contributed by atoms with van der Waals surface area (Å²) in [6.45, 7) is 0. The Labute approximate surface area is 147 Å². The molecule has 0 aliphatic heterocycles. The van der Waals surface area contributed by atoms with Crippen molar-refractivity contribution in [3.8, 4) is 11.8 Å². The van der Waals surface area contributed by atoms with E-state index in [2.05, 4.69) is 5.10 Å². The fourth-order valence-corrected chi connectivity index (χ4v) is 2.48. The van der Waals surface area contributed by atoms with Gasteiger partial charge in [0.2, 0.25) is 0 Å². The van der Waals surface area contributed by atoms with Gasteiger partial charge in [-0.15, -0.1) is 0 Å². The molecule has 0 spiro atoms. The second-order valence-electron chi connectivity index (χ2n) is 5.36. The number of hydrogen-bond donors (Lipinski definition) is 1. The van der Waals surface area contributed by atoms with Crippen LogP contribution < -0.4 is 0 Å². The molecule has 0 radical (unpaired) electrons. The molecule has 2 aromatic carbocycles. The molecule has 0 atom stereocenters. The number of aliphatic hydroxyl groups excluding tert-OH is 1. The monoisotopic (exact) mass is 355 g/mol. The first-order chi connectivity index (χ1) is 12.4. The van der Waals surface area contributed by atoms with E-state index in [9.17, 15) is 23.5 Å². The molecule has 0 fully saturated rings. The number of aromatic nitrogens is 2. The normalized spacial score (nSPS) is 12.4. The van der Waals surface area contributed by atoms with Gasteiger partial charge in [-0.2, -0.15) is 23.5 Å². The fraction of sp³-hybridized carbons (Fsp3) is 0.0526. The Morgan fingerprint density at radius 2 is 1.65 bits per heavy atom. The molecule has 1 aromatic heterocycles. The summed E-state index contributed by atoms with van der Waals surface area (Å²) in [5, 5.41) is 23.9. The second-order valence-corrected chi connectivity index (χ2v) is 5.36. The van der Waals surface area contributed by atoms with E-state index < -0.39 is 23.1 Å². The van der Waals surface area contributed by atoms with E-state index in [4.69, 9.17) is 0 Å². The van der Waals surface area contributed by atoms with Crippen molar-refractivity contribution in [2.75, 3.05) is 0 Å². The first-order valence-corrected chi connectivity index (χ1v) is 7.53. The molecule has 7 heteroatoms. The molecule has 4 nitrogen and oxygen atoms in total. The van der Waals surface area contributed by atoms with Gasteiger partial charge >= 0.3 is 6.18 Å². The molecule has 3 aromatic rings. The molecule has 0 saturated heterocycles. The van der Waals surface area contributed by atoms with Gasteiger partial charge in [0, 0.05) is 11.8 Å². The predicted octanol–water partition coefficient (Wildman–Crippen LogP) is 4.84. The molecular weight excluding hydrogens is 343 g/mol. The Bertz CT molecular complexity index is 999. The Balaban J connectivity index is 2.10. The van der Waals surface area contributed by atoms with Crippen LogP contribution in [0.25, 0.3) is 17.0 Å².